The van der Waals surface area contributed by atoms with Gasteiger partial charge in [0.15, 0.2) is 0 Å². The largest absolute Gasteiger partial charge is 0.301 e. The zero-order chi connectivity index (χ0) is 16.3. The summed E-state index contributed by atoms with van der Waals surface area (Å²) in [6, 6.07) is 18.5. The van der Waals surface area contributed by atoms with Crippen LogP contribution in [-0.2, 0) is 0 Å². The fourth-order valence-electron chi connectivity index (χ4n) is 3.05. The average molecular weight is 296 g/mol. The zero-order valence-electron chi connectivity index (χ0n) is 14.7. The Labute approximate surface area is 135 Å². The summed E-state index contributed by atoms with van der Waals surface area (Å²) in [6.07, 6.45) is 0. The number of aryl methyl sites for hydroxylation is 2. The van der Waals surface area contributed by atoms with Gasteiger partial charge in [-0.15, -0.1) is 0 Å². The molecule has 2 unspecified atom stereocenters. The molecule has 0 heterocycles. The van der Waals surface area contributed by atoms with Crippen molar-refractivity contribution in [3.05, 3.63) is 70.8 Å². The lowest BCUT2D eigenvalue weighted by atomic mass is 9.91. The van der Waals surface area contributed by atoms with Crippen LogP contribution in [-0.4, -0.2) is 38.0 Å². The Morgan fingerprint density at radius 3 is 1.05 bits per heavy atom. The molecule has 0 fully saturated rings. The smallest absolute Gasteiger partial charge is 0.0540 e. The lowest BCUT2D eigenvalue weighted by Crippen LogP contribution is -2.34. The van der Waals surface area contributed by atoms with E-state index >= 15 is 0 Å². The van der Waals surface area contributed by atoms with Crippen molar-refractivity contribution in [3.63, 3.8) is 0 Å². The molecule has 0 N–H and O–H groups in total. The third-order valence-corrected chi connectivity index (χ3v) is 4.25. The van der Waals surface area contributed by atoms with Crippen LogP contribution in [0.2, 0.25) is 0 Å². The molecule has 0 radical (unpaired) electrons. The maximum atomic E-state index is 2.31. The van der Waals surface area contributed by atoms with Crippen LogP contribution in [0.25, 0.3) is 0 Å². The van der Waals surface area contributed by atoms with Gasteiger partial charge in [0.2, 0.25) is 0 Å². The van der Waals surface area contributed by atoms with Crippen molar-refractivity contribution in [3.8, 4) is 0 Å². The third kappa shape index (κ3) is 3.76. The number of hydrogen-bond donors (Lipinski definition) is 0. The molecule has 2 rings (SSSR count). The maximum Gasteiger partial charge on any atom is 0.0540 e. The van der Waals surface area contributed by atoms with E-state index in [4.69, 9.17) is 0 Å². The first-order valence-electron chi connectivity index (χ1n) is 7.86. The van der Waals surface area contributed by atoms with Crippen LogP contribution in [0.15, 0.2) is 48.5 Å². The molecule has 0 amide bonds. The number of hydrogen-bond acceptors (Lipinski definition) is 2. The van der Waals surface area contributed by atoms with Gasteiger partial charge >= 0.3 is 0 Å². The molecule has 0 saturated heterocycles. The number of likely N-dealkylation sites (N-methyl/N-ethyl adjacent to an activating group) is 2. The lowest BCUT2D eigenvalue weighted by molar-refractivity contribution is 0.152. The fraction of sp³-hybridized carbons (Fsp3) is 0.400. The fourth-order valence-corrected chi connectivity index (χ4v) is 3.05. The first-order valence-corrected chi connectivity index (χ1v) is 7.86. The van der Waals surface area contributed by atoms with Crippen molar-refractivity contribution in [2.24, 2.45) is 0 Å². The van der Waals surface area contributed by atoms with Crippen molar-refractivity contribution in [2.45, 2.75) is 25.9 Å². The molecule has 2 aromatic carbocycles. The predicted octanol–water partition coefficient (Wildman–Crippen LogP) is 4.21. The highest BCUT2D eigenvalue weighted by Crippen LogP contribution is 2.36. The van der Waals surface area contributed by atoms with Crippen LogP contribution in [0, 0.1) is 13.8 Å². The van der Waals surface area contributed by atoms with E-state index in [0.717, 1.165) is 0 Å². The summed E-state index contributed by atoms with van der Waals surface area (Å²) in [5, 5.41) is 0. The highest BCUT2D eigenvalue weighted by molar-refractivity contribution is 5.31. The van der Waals surface area contributed by atoms with E-state index < -0.39 is 0 Å². The van der Waals surface area contributed by atoms with E-state index in [1.54, 1.807) is 0 Å². The van der Waals surface area contributed by atoms with Crippen LogP contribution < -0.4 is 0 Å². The Bertz CT molecular complexity index is 527. The van der Waals surface area contributed by atoms with Gasteiger partial charge in [0, 0.05) is 0 Å². The molecular formula is C20H28N2. The SMILES string of the molecule is Cc1ccc(C(C(c2ccc(C)cc2)N(C)C)N(C)C)cc1. The Balaban J connectivity index is 2.46. The lowest BCUT2D eigenvalue weighted by Gasteiger charge is -2.37. The van der Waals surface area contributed by atoms with E-state index in [2.05, 4.69) is 100 Å². The molecule has 2 nitrogen and oxygen atoms in total. The number of rotatable bonds is 5. The Morgan fingerprint density at radius 2 is 0.818 bits per heavy atom. The molecule has 0 saturated carbocycles. The molecule has 0 spiro atoms. The van der Waals surface area contributed by atoms with Crippen LogP contribution in [0.4, 0.5) is 0 Å². The second-order valence-corrected chi connectivity index (χ2v) is 6.64. The van der Waals surface area contributed by atoms with Crippen molar-refractivity contribution < 1.29 is 0 Å². The summed E-state index contributed by atoms with van der Waals surface area (Å²) < 4.78 is 0. The molecule has 0 aromatic heterocycles. The van der Waals surface area contributed by atoms with Gasteiger partial charge in [-0.3, -0.25) is 0 Å². The van der Waals surface area contributed by atoms with Crippen LogP contribution in [0.5, 0.6) is 0 Å². The first kappa shape index (κ1) is 16.7. The molecule has 22 heavy (non-hydrogen) atoms. The van der Waals surface area contributed by atoms with Crippen LogP contribution in [0.3, 0.4) is 0 Å². The second kappa shape index (κ2) is 7.08. The van der Waals surface area contributed by atoms with Gasteiger partial charge in [0.25, 0.3) is 0 Å². The topological polar surface area (TPSA) is 6.48 Å². The molecule has 0 aliphatic rings. The summed E-state index contributed by atoms with van der Waals surface area (Å²) in [7, 11) is 8.65. The van der Waals surface area contributed by atoms with E-state index in [9.17, 15) is 0 Å². The Kier molecular flexibility index (Phi) is 5.38. The summed E-state index contributed by atoms with van der Waals surface area (Å²) >= 11 is 0. The summed E-state index contributed by atoms with van der Waals surface area (Å²) in [6.45, 7) is 4.27. The van der Waals surface area contributed by atoms with Gasteiger partial charge in [0.05, 0.1) is 12.1 Å². The van der Waals surface area contributed by atoms with Gasteiger partial charge in [0.1, 0.15) is 0 Å². The number of nitrogens with zero attached hydrogens (tertiary/aromatic N) is 2. The minimum atomic E-state index is 0.318. The van der Waals surface area contributed by atoms with Crippen LogP contribution in [0.1, 0.15) is 34.3 Å². The standard InChI is InChI=1S/C20H28N2/c1-15-7-11-17(12-8-15)19(21(3)4)20(22(5)6)18-13-9-16(2)10-14-18/h7-14,19-20H,1-6H3. The zero-order valence-corrected chi connectivity index (χ0v) is 14.7. The summed E-state index contributed by atoms with van der Waals surface area (Å²) in [4.78, 5) is 4.63. The highest BCUT2D eigenvalue weighted by Gasteiger charge is 2.28. The van der Waals surface area contributed by atoms with Crippen LogP contribution >= 0.6 is 0 Å². The van der Waals surface area contributed by atoms with Gasteiger partial charge in [-0.1, -0.05) is 59.7 Å². The molecule has 2 atom stereocenters. The normalized spacial score (nSPS) is 14.4. The first-order chi connectivity index (χ1) is 10.4. The van der Waals surface area contributed by atoms with E-state index in [0.29, 0.717) is 12.1 Å². The Hall–Kier alpha value is -1.64. The summed E-state index contributed by atoms with van der Waals surface area (Å²) in [5.41, 5.74) is 5.32. The molecule has 0 bridgehead atoms. The number of benzene rings is 2. The third-order valence-electron chi connectivity index (χ3n) is 4.25. The average Bonchev–Trinajstić information content (AvgIpc) is 2.46. The van der Waals surface area contributed by atoms with Crippen molar-refractivity contribution in [1.82, 2.24) is 9.80 Å². The van der Waals surface area contributed by atoms with Gasteiger partial charge in [-0.25, -0.2) is 0 Å². The van der Waals surface area contributed by atoms with Crippen molar-refractivity contribution in [2.75, 3.05) is 28.2 Å². The second-order valence-electron chi connectivity index (χ2n) is 6.64. The van der Waals surface area contributed by atoms with Gasteiger partial charge < -0.3 is 9.80 Å². The minimum Gasteiger partial charge on any atom is -0.301 e. The van der Waals surface area contributed by atoms with Crippen molar-refractivity contribution >= 4 is 0 Å². The molecule has 0 aliphatic heterocycles. The minimum absolute atomic E-state index is 0.318. The molecule has 0 aliphatic carbocycles. The van der Waals surface area contributed by atoms with Gasteiger partial charge in [-0.05, 0) is 53.2 Å². The Morgan fingerprint density at radius 1 is 0.545 bits per heavy atom. The summed E-state index contributed by atoms with van der Waals surface area (Å²) in [5.74, 6) is 0. The molecule has 2 aromatic rings. The predicted molar refractivity (Wildman–Crippen MR) is 95.2 cm³/mol. The van der Waals surface area contributed by atoms with E-state index in [-0.39, 0.29) is 0 Å². The molecule has 2 heteroatoms. The quantitative estimate of drug-likeness (QED) is 0.815. The highest BCUT2D eigenvalue weighted by atomic mass is 15.2. The van der Waals surface area contributed by atoms with Crippen molar-refractivity contribution in [1.29, 1.82) is 0 Å². The molecule has 118 valence electrons. The maximum absolute atomic E-state index is 2.31. The monoisotopic (exact) mass is 296 g/mol. The molecular weight excluding hydrogens is 268 g/mol. The van der Waals surface area contributed by atoms with Gasteiger partial charge in [-0.2, -0.15) is 0 Å². The van der Waals surface area contributed by atoms with E-state index in [1.165, 1.54) is 22.3 Å². The van der Waals surface area contributed by atoms with E-state index in [1.807, 2.05) is 0 Å².